The first kappa shape index (κ1) is 16.7. The molecular weight excluding hydrogens is 320 g/mol. The van der Waals surface area contributed by atoms with Gasteiger partial charge in [-0.3, -0.25) is 9.59 Å². The zero-order chi connectivity index (χ0) is 15.1. The summed E-state index contributed by atoms with van der Waals surface area (Å²) in [6.45, 7) is 6.65. The molecule has 0 unspecified atom stereocenters. The van der Waals surface area contributed by atoms with Gasteiger partial charge in [-0.1, -0.05) is 29.8 Å². The number of carbonyl (C=O) groups excluding carboxylic acids is 2. The van der Waals surface area contributed by atoms with E-state index in [1.54, 1.807) is 4.90 Å². The lowest BCUT2D eigenvalue weighted by molar-refractivity contribution is -0.121. The summed E-state index contributed by atoms with van der Waals surface area (Å²) in [6, 6.07) is 7.48. The number of hydrogen-bond donors (Lipinski definition) is 1. The van der Waals surface area contributed by atoms with E-state index in [1.807, 2.05) is 38.1 Å². The third-order valence-electron chi connectivity index (χ3n) is 2.79. The van der Waals surface area contributed by atoms with Gasteiger partial charge in [0.1, 0.15) is 0 Å². The lowest BCUT2D eigenvalue weighted by atomic mass is 10.2. The summed E-state index contributed by atoms with van der Waals surface area (Å²) in [4.78, 5) is 25.0. The molecule has 0 atom stereocenters. The van der Waals surface area contributed by atoms with Crippen LogP contribution in [0.5, 0.6) is 0 Å². The standard InChI is InChI=1S/C15H21BrN2O2/c1-11(2)10-17-15(20)8-9-18(12(3)19)14-6-4-13(16)5-7-14/h4-7,11H,8-10H2,1-3H3,(H,17,20). The van der Waals surface area contributed by atoms with Gasteiger partial charge in [-0.2, -0.15) is 0 Å². The molecule has 4 nitrogen and oxygen atoms in total. The minimum absolute atomic E-state index is 0.0259. The fourth-order valence-corrected chi connectivity index (χ4v) is 1.97. The van der Waals surface area contributed by atoms with Crippen LogP contribution in [-0.4, -0.2) is 24.9 Å². The second-order valence-corrected chi connectivity index (χ2v) is 6.01. The van der Waals surface area contributed by atoms with E-state index in [1.165, 1.54) is 6.92 Å². The predicted octanol–water partition coefficient (Wildman–Crippen LogP) is 2.96. The van der Waals surface area contributed by atoms with E-state index >= 15 is 0 Å². The molecule has 110 valence electrons. The van der Waals surface area contributed by atoms with Gasteiger partial charge in [0.15, 0.2) is 0 Å². The molecule has 2 amide bonds. The lowest BCUT2D eigenvalue weighted by Crippen LogP contribution is -2.34. The topological polar surface area (TPSA) is 49.4 Å². The van der Waals surface area contributed by atoms with Gasteiger partial charge in [0.25, 0.3) is 0 Å². The maximum Gasteiger partial charge on any atom is 0.223 e. The summed E-state index contributed by atoms with van der Waals surface area (Å²) in [7, 11) is 0. The van der Waals surface area contributed by atoms with E-state index in [0.717, 1.165) is 10.2 Å². The predicted molar refractivity (Wildman–Crippen MR) is 84.6 cm³/mol. The van der Waals surface area contributed by atoms with E-state index < -0.39 is 0 Å². The molecule has 0 bridgehead atoms. The Morgan fingerprint density at radius 2 is 1.85 bits per heavy atom. The van der Waals surface area contributed by atoms with Crippen LogP contribution in [0, 0.1) is 5.92 Å². The Hall–Kier alpha value is -1.36. The molecule has 1 aromatic carbocycles. The highest BCUT2D eigenvalue weighted by atomic mass is 79.9. The van der Waals surface area contributed by atoms with Crippen LogP contribution in [0.4, 0.5) is 5.69 Å². The molecule has 0 saturated carbocycles. The first-order valence-electron chi connectivity index (χ1n) is 6.70. The monoisotopic (exact) mass is 340 g/mol. The maximum atomic E-state index is 11.7. The number of nitrogens with zero attached hydrogens (tertiary/aromatic N) is 1. The van der Waals surface area contributed by atoms with Crippen molar-refractivity contribution in [2.24, 2.45) is 5.92 Å². The Morgan fingerprint density at radius 1 is 1.25 bits per heavy atom. The van der Waals surface area contributed by atoms with E-state index in [9.17, 15) is 9.59 Å². The molecule has 1 rings (SSSR count). The fraction of sp³-hybridized carbons (Fsp3) is 0.467. The number of halogens is 1. The number of anilines is 1. The molecule has 0 spiro atoms. The van der Waals surface area contributed by atoms with Crippen LogP contribution >= 0.6 is 15.9 Å². The first-order valence-corrected chi connectivity index (χ1v) is 7.50. The zero-order valence-corrected chi connectivity index (χ0v) is 13.7. The molecule has 0 aliphatic carbocycles. The van der Waals surface area contributed by atoms with Gasteiger partial charge in [-0.05, 0) is 30.2 Å². The minimum Gasteiger partial charge on any atom is -0.356 e. The van der Waals surface area contributed by atoms with E-state index in [-0.39, 0.29) is 11.8 Å². The number of benzene rings is 1. The Morgan fingerprint density at radius 3 is 2.35 bits per heavy atom. The Bertz CT molecular complexity index is 457. The van der Waals surface area contributed by atoms with Crippen molar-refractivity contribution >= 4 is 33.4 Å². The number of carbonyl (C=O) groups is 2. The largest absolute Gasteiger partial charge is 0.356 e. The summed E-state index contributed by atoms with van der Waals surface area (Å²) in [6.07, 6.45) is 0.308. The first-order chi connectivity index (χ1) is 9.40. The third kappa shape index (κ3) is 5.74. The Kier molecular flexibility index (Phi) is 6.71. The van der Waals surface area contributed by atoms with Gasteiger partial charge in [-0.25, -0.2) is 0 Å². The summed E-state index contributed by atoms with van der Waals surface area (Å²) in [5, 5.41) is 2.85. The highest BCUT2D eigenvalue weighted by Gasteiger charge is 2.13. The lowest BCUT2D eigenvalue weighted by Gasteiger charge is -2.21. The van der Waals surface area contributed by atoms with Crippen LogP contribution in [-0.2, 0) is 9.59 Å². The van der Waals surface area contributed by atoms with Crippen molar-refractivity contribution in [2.75, 3.05) is 18.0 Å². The quantitative estimate of drug-likeness (QED) is 0.865. The minimum atomic E-state index is -0.0658. The molecule has 20 heavy (non-hydrogen) atoms. The van der Waals surface area contributed by atoms with Crippen molar-refractivity contribution in [1.82, 2.24) is 5.32 Å². The third-order valence-corrected chi connectivity index (χ3v) is 3.32. The zero-order valence-electron chi connectivity index (χ0n) is 12.1. The summed E-state index contributed by atoms with van der Waals surface area (Å²) < 4.78 is 0.958. The average Bonchev–Trinajstić information content (AvgIpc) is 2.38. The second-order valence-electron chi connectivity index (χ2n) is 5.09. The molecular formula is C15H21BrN2O2. The van der Waals surface area contributed by atoms with Gasteiger partial charge in [0.2, 0.25) is 11.8 Å². The van der Waals surface area contributed by atoms with Crippen molar-refractivity contribution in [3.05, 3.63) is 28.7 Å². The highest BCUT2D eigenvalue weighted by molar-refractivity contribution is 9.10. The normalized spacial score (nSPS) is 10.4. The number of nitrogens with one attached hydrogen (secondary N) is 1. The van der Waals surface area contributed by atoms with Crippen molar-refractivity contribution in [3.63, 3.8) is 0 Å². The van der Waals surface area contributed by atoms with Gasteiger partial charge in [-0.15, -0.1) is 0 Å². The van der Waals surface area contributed by atoms with E-state index in [0.29, 0.717) is 25.4 Å². The Balaban J connectivity index is 2.58. The molecule has 0 heterocycles. The Labute approximate surface area is 128 Å². The van der Waals surface area contributed by atoms with Gasteiger partial charge in [0.05, 0.1) is 0 Å². The van der Waals surface area contributed by atoms with Gasteiger partial charge >= 0.3 is 0 Å². The second kappa shape index (κ2) is 8.04. The van der Waals surface area contributed by atoms with Crippen LogP contribution in [0.25, 0.3) is 0 Å². The number of hydrogen-bond acceptors (Lipinski definition) is 2. The SMILES string of the molecule is CC(=O)N(CCC(=O)NCC(C)C)c1ccc(Br)cc1. The molecule has 1 aromatic rings. The smallest absolute Gasteiger partial charge is 0.223 e. The molecule has 0 aromatic heterocycles. The molecule has 1 N–H and O–H groups in total. The van der Waals surface area contributed by atoms with Crippen LogP contribution < -0.4 is 10.2 Å². The molecule has 0 aliphatic heterocycles. The van der Waals surface area contributed by atoms with Crippen molar-refractivity contribution in [1.29, 1.82) is 0 Å². The molecule has 0 aliphatic rings. The van der Waals surface area contributed by atoms with Gasteiger partial charge < -0.3 is 10.2 Å². The summed E-state index contributed by atoms with van der Waals surface area (Å²) >= 11 is 3.36. The fourth-order valence-electron chi connectivity index (χ4n) is 1.71. The summed E-state index contributed by atoms with van der Waals surface area (Å²) in [5.74, 6) is 0.334. The number of rotatable bonds is 6. The highest BCUT2D eigenvalue weighted by Crippen LogP contribution is 2.18. The van der Waals surface area contributed by atoms with Crippen molar-refractivity contribution in [3.8, 4) is 0 Å². The van der Waals surface area contributed by atoms with Crippen molar-refractivity contribution in [2.45, 2.75) is 27.2 Å². The molecule has 0 radical (unpaired) electrons. The van der Waals surface area contributed by atoms with E-state index in [2.05, 4.69) is 21.2 Å². The van der Waals surface area contributed by atoms with Crippen molar-refractivity contribution < 1.29 is 9.59 Å². The van der Waals surface area contributed by atoms with Crippen LogP contribution in [0.2, 0.25) is 0 Å². The average molecular weight is 341 g/mol. The molecule has 0 saturated heterocycles. The van der Waals surface area contributed by atoms with Gasteiger partial charge in [0, 0.05) is 36.6 Å². The number of amides is 2. The van der Waals surface area contributed by atoms with Crippen LogP contribution in [0.1, 0.15) is 27.2 Å². The maximum absolute atomic E-state index is 11.7. The van der Waals surface area contributed by atoms with E-state index in [4.69, 9.17) is 0 Å². The van der Waals surface area contributed by atoms with Crippen LogP contribution in [0.15, 0.2) is 28.7 Å². The van der Waals surface area contributed by atoms with Crippen LogP contribution in [0.3, 0.4) is 0 Å². The summed E-state index contributed by atoms with van der Waals surface area (Å²) in [5.41, 5.74) is 0.803. The molecule has 5 heteroatoms. The molecule has 0 fully saturated rings.